The number of carboxylic acids is 2. The molecule has 0 rings (SSSR count). The van der Waals surface area contributed by atoms with Crippen LogP contribution in [0.3, 0.4) is 0 Å². The molecule has 0 aromatic heterocycles. The molecule has 0 spiro atoms. The first-order valence-electron chi connectivity index (χ1n) is 4.71. The van der Waals surface area contributed by atoms with Crippen molar-refractivity contribution in [3.05, 3.63) is 12.2 Å². The minimum atomic E-state index is -0.774. The standard InChI is InChI=1S/C10H16O4/c11-9(12)7-5-3-1-2-4-6-8-10(13)14/h1-2H,3-8H2,(H,11,12)(H,13,14)/b2-1+. The third-order valence-corrected chi connectivity index (χ3v) is 1.69. The zero-order valence-electron chi connectivity index (χ0n) is 8.11. The molecule has 0 aromatic carbocycles. The molecule has 0 radical (unpaired) electrons. The van der Waals surface area contributed by atoms with Crippen LogP contribution in [0.5, 0.6) is 0 Å². The predicted octanol–water partition coefficient (Wildman–Crippen LogP) is 2.05. The summed E-state index contributed by atoms with van der Waals surface area (Å²) in [7, 11) is 0. The fraction of sp³-hybridized carbons (Fsp3) is 0.600. The Morgan fingerprint density at radius 1 is 0.857 bits per heavy atom. The van der Waals surface area contributed by atoms with E-state index in [0.717, 1.165) is 12.8 Å². The molecule has 2 N–H and O–H groups in total. The molecule has 80 valence electrons. The van der Waals surface area contributed by atoms with Crippen molar-refractivity contribution in [3.63, 3.8) is 0 Å². The van der Waals surface area contributed by atoms with Gasteiger partial charge in [-0.15, -0.1) is 0 Å². The van der Waals surface area contributed by atoms with E-state index in [0.29, 0.717) is 12.8 Å². The number of carbonyl (C=O) groups is 2. The Balaban J connectivity index is 3.19. The molecule has 0 heterocycles. The Morgan fingerprint density at radius 3 is 1.50 bits per heavy atom. The molecule has 0 unspecified atom stereocenters. The van der Waals surface area contributed by atoms with Gasteiger partial charge in [-0.25, -0.2) is 0 Å². The van der Waals surface area contributed by atoms with Crippen molar-refractivity contribution in [1.82, 2.24) is 0 Å². The molecule has 4 nitrogen and oxygen atoms in total. The summed E-state index contributed by atoms with van der Waals surface area (Å²) in [4.78, 5) is 20.2. The van der Waals surface area contributed by atoms with Crippen LogP contribution in [0.2, 0.25) is 0 Å². The highest BCUT2D eigenvalue weighted by Gasteiger charge is 1.94. The zero-order valence-corrected chi connectivity index (χ0v) is 8.11. The average molecular weight is 200 g/mol. The van der Waals surface area contributed by atoms with Gasteiger partial charge >= 0.3 is 11.9 Å². The molecule has 0 saturated heterocycles. The summed E-state index contributed by atoms with van der Waals surface area (Å²) in [5.41, 5.74) is 0. The minimum Gasteiger partial charge on any atom is -0.481 e. The Kier molecular flexibility index (Phi) is 7.50. The van der Waals surface area contributed by atoms with Gasteiger partial charge in [0.05, 0.1) is 0 Å². The lowest BCUT2D eigenvalue weighted by Gasteiger charge is -1.92. The maximum Gasteiger partial charge on any atom is 0.303 e. The number of unbranched alkanes of at least 4 members (excludes halogenated alkanes) is 2. The van der Waals surface area contributed by atoms with Gasteiger partial charge in [0.15, 0.2) is 0 Å². The van der Waals surface area contributed by atoms with Crippen LogP contribution < -0.4 is 0 Å². The summed E-state index contributed by atoms with van der Waals surface area (Å²) in [6.45, 7) is 0. The predicted molar refractivity (Wildman–Crippen MR) is 52.1 cm³/mol. The van der Waals surface area contributed by atoms with Crippen molar-refractivity contribution in [3.8, 4) is 0 Å². The average Bonchev–Trinajstić information content (AvgIpc) is 2.08. The fourth-order valence-electron chi connectivity index (χ4n) is 0.978. The Bertz CT molecular complexity index is 186. The molecule has 0 amide bonds. The first-order chi connectivity index (χ1) is 6.63. The van der Waals surface area contributed by atoms with Gasteiger partial charge in [-0.05, 0) is 25.7 Å². The molecule has 0 aliphatic heterocycles. The van der Waals surface area contributed by atoms with E-state index in [9.17, 15) is 9.59 Å². The topological polar surface area (TPSA) is 74.6 Å². The van der Waals surface area contributed by atoms with Crippen LogP contribution in [-0.2, 0) is 9.59 Å². The fourth-order valence-corrected chi connectivity index (χ4v) is 0.978. The van der Waals surface area contributed by atoms with Crippen molar-refractivity contribution in [1.29, 1.82) is 0 Å². The molecule has 0 atom stereocenters. The summed E-state index contributed by atoms with van der Waals surface area (Å²) in [5, 5.41) is 16.7. The highest BCUT2D eigenvalue weighted by Crippen LogP contribution is 2.00. The van der Waals surface area contributed by atoms with Crippen molar-refractivity contribution < 1.29 is 19.8 Å². The first-order valence-corrected chi connectivity index (χ1v) is 4.71. The maximum absolute atomic E-state index is 10.1. The lowest BCUT2D eigenvalue weighted by molar-refractivity contribution is -0.138. The van der Waals surface area contributed by atoms with Crippen LogP contribution in [0.1, 0.15) is 38.5 Å². The SMILES string of the molecule is O=C(O)CCC/C=C/CCCC(=O)O. The van der Waals surface area contributed by atoms with Gasteiger partial charge in [0, 0.05) is 12.8 Å². The van der Waals surface area contributed by atoms with E-state index in [4.69, 9.17) is 10.2 Å². The van der Waals surface area contributed by atoms with Crippen LogP contribution in [0.25, 0.3) is 0 Å². The monoisotopic (exact) mass is 200 g/mol. The summed E-state index contributed by atoms with van der Waals surface area (Å²) >= 11 is 0. The van der Waals surface area contributed by atoms with Gasteiger partial charge in [-0.2, -0.15) is 0 Å². The van der Waals surface area contributed by atoms with E-state index in [1.165, 1.54) is 0 Å². The Labute approximate surface area is 83.2 Å². The van der Waals surface area contributed by atoms with Crippen LogP contribution in [0, 0.1) is 0 Å². The number of hydrogen-bond donors (Lipinski definition) is 2. The van der Waals surface area contributed by atoms with Gasteiger partial charge in [-0.1, -0.05) is 12.2 Å². The van der Waals surface area contributed by atoms with E-state index in [2.05, 4.69) is 0 Å². The molecule has 0 aliphatic carbocycles. The van der Waals surface area contributed by atoms with Gasteiger partial charge in [-0.3, -0.25) is 9.59 Å². The van der Waals surface area contributed by atoms with Crippen molar-refractivity contribution in [2.24, 2.45) is 0 Å². The second-order valence-electron chi connectivity index (χ2n) is 3.04. The summed E-state index contributed by atoms with van der Waals surface area (Å²) < 4.78 is 0. The quantitative estimate of drug-likeness (QED) is 0.464. The van der Waals surface area contributed by atoms with E-state index >= 15 is 0 Å². The molecule has 0 aliphatic rings. The van der Waals surface area contributed by atoms with Crippen LogP contribution in [-0.4, -0.2) is 22.2 Å². The Morgan fingerprint density at radius 2 is 1.21 bits per heavy atom. The minimum absolute atomic E-state index is 0.194. The smallest absolute Gasteiger partial charge is 0.303 e. The molecule has 0 fully saturated rings. The molecular formula is C10H16O4. The lowest BCUT2D eigenvalue weighted by atomic mass is 10.2. The van der Waals surface area contributed by atoms with Gasteiger partial charge < -0.3 is 10.2 Å². The third kappa shape index (κ3) is 10.7. The second kappa shape index (κ2) is 8.29. The molecule has 4 heteroatoms. The van der Waals surface area contributed by atoms with Crippen molar-refractivity contribution in [2.75, 3.05) is 0 Å². The molecule has 0 bridgehead atoms. The van der Waals surface area contributed by atoms with Gasteiger partial charge in [0.2, 0.25) is 0 Å². The highest BCUT2D eigenvalue weighted by atomic mass is 16.4. The molecule has 14 heavy (non-hydrogen) atoms. The number of allylic oxidation sites excluding steroid dienone is 2. The number of aliphatic carboxylic acids is 2. The van der Waals surface area contributed by atoms with Gasteiger partial charge in [0.1, 0.15) is 0 Å². The van der Waals surface area contributed by atoms with Crippen LogP contribution >= 0.6 is 0 Å². The molecule has 0 aromatic rings. The first kappa shape index (κ1) is 12.7. The largest absolute Gasteiger partial charge is 0.481 e. The summed E-state index contributed by atoms with van der Waals surface area (Å²) in [6.07, 6.45) is 6.99. The van der Waals surface area contributed by atoms with Crippen molar-refractivity contribution in [2.45, 2.75) is 38.5 Å². The maximum atomic E-state index is 10.1. The number of rotatable bonds is 8. The third-order valence-electron chi connectivity index (χ3n) is 1.69. The Hall–Kier alpha value is -1.32. The van der Waals surface area contributed by atoms with Gasteiger partial charge in [0.25, 0.3) is 0 Å². The summed E-state index contributed by atoms with van der Waals surface area (Å²) in [6, 6.07) is 0. The highest BCUT2D eigenvalue weighted by molar-refractivity contribution is 5.66. The lowest BCUT2D eigenvalue weighted by Crippen LogP contribution is -1.93. The van der Waals surface area contributed by atoms with E-state index in [1.807, 2.05) is 12.2 Å². The van der Waals surface area contributed by atoms with Crippen molar-refractivity contribution >= 4 is 11.9 Å². The van der Waals surface area contributed by atoms with E-state index < -0.39 is 11.9 Å². The summed E-state index contributed by atoms with van der Waals surface area (Å²) in [5.74, 6) is -1.55. The number of hydrogen-bond acceptors (Lipinski definition) is 2. The molecular weight excluding hydrogens is 184 g/mol. The van der Waals surface area contributed by atoms with Crippen LogP contribution in [0.4, 0.5) is 0 Å². The second-order valence-corrected chi connectivity index (χ2v) is 3.04. The molecule has 0 saturated carbocycles. The van der Waals surface area contributed by atoms with Crippen LogP contribution in [0.15, 0.2) is 12.2 Å². The zero-order chi connectivity index (χ0) is 10.8. The van der Waals surface area contributed by atoms with E-state index in [-0.39, 0.29) is 12.8 Å². The number of carboxylic acid groups (broad SMARTS) is 2. The normalized spacial score (nSPS) is 10.6. The van der Waals surface area contributed by atoms with E-state index in [1.54, 1.807) is 0 Å².